The monoisotopic (exact) mass is 210 g/mol. The fraction of sp³-hybridized carbons (Fsp3) is 0.545. The lowest BCUT2D eigenvalue weighted by Gasteiger charge is -2.23. The second-order valence-corrected chi connectivity index (χ2v) is 3.90. The fourth-order valence-corrected chi connectivity index (χ4v) is 1.97. The Hall–Kier alpha value is -0.760. The topological polar surface area (TPSA) is 16.1 Å². The molecule has 1 heterocycles. The third-order valence-electron chi connectivity index (χ3n) is 2.61. The third-order valence-corrected chi connectivity index (χ3v) is 2.90. The molecule has 1 fully saturated rings. The van der Waals surface area contributed by atoms with Gasteiger partial charge in [-0.2, -0.15) is 0 Å². The van der Waals surface area contributed by atoms with Crippen LogP contribution in [0.2, 0.25) is 0 Å². The summed E-state index contributed by atoms with van der Waals surface area (Å²) in [7, 11) is 0. The maximum Gasteiger partial charge on any atom is 0.133 e. The van der Waals surface area contributed by atoms with Crippen LogP contribution in [-0.4, -0.2) is 17.6 Å². The lowest BCUT2D eigenvalue weighted by Crippen LogP contribution is -2.27. The molecule has 14 heavy (non-hydrogen) atoms. The van der Waals surface area contributed by atoms with Crippen LogP contribution in [0.25, 0.3) is 0 Å². The number of anilines is 1. The summed E-state index contributed by atoms with van der Waals surface area (Å²) in [6.45, 7) is 3.19. The predicted octanol–water partition coefficient (Wildman–Crippen LogP) is 2.81. The van der Waals surface area contributed by atoms with Crippen molar-refractivity contribution in [3.8, 4) is 0 Å². The standard InChI is InChI=1S/C11H15ClN2/c1-2-14(10-5-6-10)11-9(8-12)4-3-7-13-11/h3-4,7,10H,2,5-6,8H2,1H3. The van der Waals surface area contributed by atoms with Gasteiger partial charge in [-0.25, -0.2) is 4.98 Å². The molecule has 0 saturated heterocycles. The van der Waals surface area contributed by atoms with Gasteiger partial charge in [-0.1, -0.05) is 6.07 Å². The van der Waals surface area contributed by atoms with Crippen molar-refractivity contribution in [3.63, 3.8) is 0 Å². The Bertz CT molecular complexity index is 310. The summed E-state index contributed by atoms with van der Waals surface area (Å²) in [5.41, 5.74) is 1.14. The molecule has 76 valence electrons. The highest BCUT2D eigenvalue weighted by Crippen LogP contribution is 2.32. The number of aromatic nitrogens is 1. The average molecular weight is 211 g/mol. The zero-order chi connectivity index (χ0) is 9.97. The zero-order valence-electron chi connectivity index (χ0n) is 8.41. The molecule has 0 unspecified atom stereocenters. The van der Waals surface area contributed by atoms with Crippen LogP contribution >= 0.6 is 11.6 Å². The number of rotatable bonds is 4. The van der Waals surface area contributed by atoms with Gasteiger partial charge in [-0.15, -0.1) is 11.6 Å². The number of hydrogen-bond donors (Lipinski definition) is 0. The minimum atomic E-state index is 0.548. The lowest BCUT2D eigenvalue weighted by atomic mass is 10.2. The van der Waals surface area contributed by atoms with Crippen LogP contribution < -0.4 is 4.90 Å². The molecule has 0 radical (unpaired) electrons. The van der Waals surface area contributed by atoms with Gasteiger partial charge in [0.1, 0.15) is 5.82 Å². The molecule has 0 bridgehead atoms. The SMILES string of the molecule is CCN(c1ncccc1CCl)C1CC1. The molecular formula is C11H15ClN2. The van der Waals surface area contributed by atoms with E-state index in [4.69, 9.17) is 11.6 Å². The smallest absolute Gasteiger partial charge is 0.133 e. The molecule has 0 N–H and O–H groups in total. The van der Waals surface area contributed by atoms with E-state index in [1.165, 1.54) is 12.8 Å². The summed E-state index contributed by atoms with van der Waals surface area (Å²) in [6.07, 6.45) is 4.44. The Morgan fingerprint density at radius 3 is 2.93 bits per heavy atom. The second-order valence-electron chi connectivity index (χ2n) is 3.64. The number of alkyl halides is 1. The molecule has 1 saturated carbocycles. The molecule has 0 amide bonds. The molecule has 2 nitrogen and oxygen atoms in total. The van der Waals surface area contributed by atoms with E-state index in [1.807, 2.05) is 12.3 Å². The van der Waals surface area contributed by atoms with E-state index in [0.29, 0.717) is 11.9 Å². The first-order valence-corrected chi connectivity index (χ1v) is 5.66. The van der Waals surface area contributed by atoms with Crippen molar-refractivity contribution in [2.24, 2.45) is 0 Å². The molecule has 1 aromatic rings. The van der Waals surface area contributed by atoms with Crippen molar-refractivity contribution in [2.75, 3.05) is 11.4 Å². The quantitative estimate of drug-likeness (QED) is 0.711. The van der Waals surface area contributed by atoms with Crippen LogP contribution in [0.15, 0.2) is 18.3 Å². The first kappa shape index (κ1) is 9.78. The summed E-state index contributed by atoms with van der Waals surface area (Å²) in [5, 5.41) is 0. The van der Waals surface area contributed by atoms with Crippen LogP contribution in [0.1, 0.15) is 25.3 Å². The summed E-state index contributed by atoms with van der Waals surface area (Å²) in [5.74, 6) is 1.62. The number of hydrogen-bond acceptors (Lipinski definition) is 2. The number of pyridine rings is 1. The second kappa shape index (κ2) is 4.18. The van der Waals surface area contributed by atoms with E-state index >= 15 is 0 Å². The maximum atomic E-state index is 5.89. The van der Waals surface area contributed by atoms with Crippen molar-refractivity contribution >= 4 is 17.4 Å². The van der Waals surface area contributed by atoms with E-state index in [2.05, 4.69) is 22.9 Å². The lowest BCUT2D eigenvalue weighted by molar-refractivity contribution is 0.803. The van der Waals surface area contributed by atoms with Gasteiger partial charge < -0.3 is 4.90 Å². The first-order valence-electron chi connectivity index (χ1n) is 5.13. The molecule has 0 aromatic carbocycles. The van der Waals surface area contributed by atoms with Gasteiger partial charge in [0.25, 0.3) is 0 Å². The fourth-order valence-electron chi connectivity index (χ4n) is 1.76. The van der Waals surface area contributed by atoms with Crippen molar-refractivity contribution in [3.05, 3.63) is 23.9 Å². The molecular weight excluding hydrogens is 196 g/mol. The zero-order valence-corrected chi connectivity index (χ0v) is 9.17. The largest absolute Gasteiger partial charge is 0.354 e. The highest BCUT2D eigenvalue weighted by molar-refractivity contribution is 6.17. The minimum Gasteiger partial charge on any atom is -0.354 e. The Morgan fingerprint density at radius 1 is 1.57 bits per heavy atom. The van der Waals surface area contributed by atoms with Crippen molar-refractivity contribution in [2.45, 2.75) is 31.7 Å². The van der Waals surface area contributed by atoms with Gasteiger partial charge in [0.15, 0.2) is 0 Å². The van der Waals surface area contributed by atoms with Gasteiger partial charge in [0.05, 0.1) is 5.88 Å². The van der Waals surface area contributed by atoms with Crippen molar-refractivity contribution in [1.29, 1.82) is 0 Å². The summed E-state index contributed by atoms with van der Waals surface area (Å²) in [6, 6.07) is 4.71. The molecule has 1 aliphatic rings. The van der Waals surface area contributed by atoms with Crippen LogP contribution in [0, 0.1) is 0 Å². The molecule has 2 rings (SSSR count). The van der Waals surface area contributed by atoms with Crippen LogP contribution in [0.5, 0.6) is 0 Å². The summed E-state index contributed by atoms with van der Waals surface area (Å²) >= 11 is 5.89. The van der Waals surface area contributed by atoms with Gasteiger partial charge in [-0.3, -0.25) is 0 Å². The van der Waals surface area contributed by atoms with E-state index in [-0.39, 0.29) is 0 Å². The van der Waals surface area contributed by atoms with Gasteiger partial charge in [-0.05, 0) is 25.8 Å². The Morgan fingerprint density at radius 2 is 2.36 bits per heavy atom. The minimum absolute atomic E-state index is 0.548. The third kappa shape index (κ3) is 1.85. The molecule has 0 aliphatic heterocycles. The Labute approximate surface area is 89.9 Å². The maximum absolute atomic E-state index is 5.89. The Kier molecular flexibility index (Phi) is 2.92. The van der Waals surface area contributed by atoms with Crippen LogP contribution in [-0.2, 0) is 5.88 Å². The van der Waals surface area contributed by atoms with Gasteiger partial charge >= 0.3 is 0 Å². The molecule has 3 heteroatoms. The number of nitrogens with zero attached hydrogens (tertiary/aromatic N) is 2. The van der Waals surface area contributed by atoms with Crippen LogP contribution in [0.3, 0.4) is 0 Å². The van der Waals surface area contributed by atoms with Crippen molar-refractivity contribution < 1.29 is 0 Å². The number of halogens is 1. The average Bonchev–Trinajstić information content (AvgIpc) is 3.04. The summed E-state index contributed by atoms with van der Waals surface area (Å²) < 4.78 is 0. The molecule has 1 aliphatic carbocycles. The van der Waals surface area contributed by atoms with Gasteiger partial charge in [0, 0.05) is 24.3 Å². The van der Waals surface area contributed by atoms with E-state index in [1.54, 1.807) is 0 Å². The van der Waals surface area contributed by atoms with E-state index in [9.17, 15) is 0 Å². The molecule has 0 atom stereocenters. The predicted molar refractivity (Wildman–Crippen MR) is 59.8 cm³/mol. The first-order chi connectivity index (χ1) is 6.86. The van der Waals surface area contributed by atoms with Gasteiger partial charge in [0.2, 0.25) is 0 Å². The highest BCUT2D eigenvalue weighted by Gasteiger charge is 2.29. The van der Waals surface area contributed by atoms with Crippen molar-refractivity contribution in [1.82, 2.24) is 4.98 Å². The highest BCUT2D eigenvalue weighted by atomic mass is 35.5. The molecule has 1 aromatic heterocycles. The van der Waals surface area contributed by atoms with E-state index < -0.39 is 0 Å². The van der Waals surface area contributed by atoms with Crippen LogP contribution in [0.4, 0.5) is 5.82 Å². The molecule has 0 spiro atoms. The van der Waals surface area contributed by atoms with E-state index in [0.717, 1.165) is 17.9 Å². The Balaban J connectivity index is 2.27. The normalized spacial score (nSPS) is 15.6. The summed E-state index contributed by atoms with van der Waals surface area (Å²) in [4.78, 5) is 6.78.